The predicted octanol–water partition coefficient (Wildman–Crippen LogP) is 2.73. The zero-order valence-corrected chi connectivity index (χ0v) is 10.7. The third kappa shape index (κ3) is 2.70. The second kappa shape index (κ2) is 5.33. The van der Waals surface area contributed by atoms with Gasteiger partial charge >= 0.3 is 0 Å². The van der Waals surface area contributed by atoms with Gasteiger partial charge in [-0.15, -0.1) is 0 Å². The highest BCUT2D eigenvalue weighted by atomic mass is 19.2. The zero-order valence-electron chi connectivity index (χ0n) is 10.7. The molecule has 1 fully saturated rings. The first-order valence-corrected chi connectivity index (χ1v) is 6.36. The molecule has 1 aliphatic rings. The van der Waals surface area contributed by atoms with Gasteiger partial charge in [-0.05, 0) is 43.5 Å². The molecule has 1 aromatic carbocycles. The lowest BCUT2D eigenvalue weighted by Crippen LogP contribution is -2.43. The van der Waals surface area contributed by atoms with Crippen LogP contribution in [0.3, 0.4) is 0 Å². The number of benzene rings is 1. The minimum atomic E-state index is -0.821. The third-order valence-electron chi connectivity index (χ3n) is 3.92. The van der Waals surface area contributed by atoms with Crippen molar-refractivity contribution in [3.05, 3.63) is 35.4 Å². The number of likely N-dealkylation sites (tertiary alicyclic amines) is 1. The summed E-state index contributed by atoms with van der Waals surface area (Å²) in [6, 6.07) is 3.99. The smallest absolute Gasteiger partial charge is 0.159 e. The van der Waals surface area contributed by atoms with Gasteiger partial charge in [0.2, 0.25) is 0 Å². The monoisotopic (exact) mass is 255 g/mol. The average Bonchev–Trinajstić information content (AvgIpc) is 2.35. The van der Waals surface area contributed by atoms with Gasteiger partial charge in [-0.3, -0.25) is 4.90 Å². The summed E-state index contributed by atoms with van der Waals surface area (Å²) in [5.74, 6) is -1.33. The molecule has 18 heavy (non-hydrogen) atoms. The second-order valence-electron chi connectivity index (χ2n) is 5.18. The van der Waals surface area contributed by atoms with Gasteiger partial charge in [-0.25, -0.2) is 8.78 Å². The van der Waals surface area contributed by atoms with E-state index < -0.39 is 11.6 Å². The molecular weight excluding hydrogens is 236 g/mol. The van der Waals surface area contributed by atoms with Crippen LogP contribution in [0.15, 0.2) is 18.2 Å². The van der Waals surface area contributed by atoms with Crippen molar-refractivity contribution in [2.75, 3.05) is 13.1 Å². The van der Waals surface area contributed by atoms with Gasteiger partial charge in [-0.2, -0.15) is 0 Å². The van der Waals surface area contributed by atoms with Crippen molar-refractivity contribution in [3.63, 3.8) is 0 Å². The summed E-state index contributed by atoms with van der Waals surface area (Å²) < 4.78 is 26.1. The Labute approximate surface area is 106 Å². The van der Waals surface area contributed by atoms with Crippen molar-refractivity contribution in [2.24, 2.45) is 5.92 Å². The number of piperidine rings is 1. The molecule has 3 unspecified atom stereocenters. The number of hydrogen-bond donors (Lipinski definition) is 1. The maximum atomic E-state index is 13.2. The summed E-state index contributed by atoms with van der Waals surface area (Å²) in [5.41, 5.74) is 0.746. The summed E-state index contributed by atoms with van der Waals surface area (Å²) in [6.45, 7) is 5.44. The largest absolute Gasteiger partial charge is 0.392 e. The van der Waals surface area contributed by atoms with Crippen molar-refractivity contribution >= 4 is 0 Å². The van der Waals surface area contributed by atoms with Crippen LogP contribution in [0, 0.1) is 17.6 Å². The van der Waals surface area contributed by atoms with Crippen molar-refractivity contribution in [3.8, 4) is 0 Å². The molecule has 1 N–H and O–H groups in total. The standard InChI is InChI=1S/C14H19F2NO/c1-9-5-6-17(8-14(9)18)10(2)11-3-4-12(15)13(16)7-11/h3-4,7,9-10,14,18H,5-6,8H2,1-2H3. The van der Waals surface area contributed by atoms with E-state index in [0.717, 1.165) is 24.6 Å². The Morgan fingerprint density at radius 1 is 1.33 bits per heavy atom. The van der Waals surface area contributed by atoms with Crippen molar-refractivity contribution in [1.29, 1.82) is 0 Å². The van der Waals surface area contributed by atoms with E-state index in [-0.39, 0.29) is 12.1 Å². The molecule has 0 spiro atoms. The number of β-amino-alcohol motifs (C(OH)–C–C–N with tert-alkyl or cyclic N) is 1. The topological polar surface area (TPSA) is 23.5 Å². The van der Waals surface area contributed by atoms with E-state index in [4.69, 9.17) is 0 Å². The van der Waals surface area contributed by atoms with Gasteiger partial charge in [0.25, 0.3) is 0 Å². The predicted molar refractivity (Wildman–Crippen MR) is 66.1 cm³/mol. The van der Waals surface area contributed by atoms with Crippen LogP contribution in [0.25, 0.3) is 0 Å². The molecule has 0 aliphatic carbocycles. The van der Waals surface area contributed by atoms with E-state index in [1.807, 2.05) is 13.8 Å². The molecule has 1 aromatic rings. The van der Waals surface area contributed by atoms with E-state index in [9.17, 15) is 13.9 Å². The van der Waals surface area contributed by atoms with Crippen molar-refractivity contribution in [1.82, 2.24) is 4.90 Å². The summed E-state index contributed by atoms with van der Waals surface area (Å²) in [4.78, 5) is 2.11. The Balaban J connectivity index is 2.11. The maximum absolute atomic E-state index is 13.2. The lowest BCUT2D eigenvalue weighted by molar-refractivity contribution is 0.0128. The summed E-state index contributed by atoms with van der Waals surface area (Å²) >= 11 is 0. The van der Waals surface area contributed by atoms with Crippen LogP contribution in [0.5, 0.6) is 0 Å². The number of rotatable bonds is 2. The number of hydrogen-bond acceptors (Lipinski definition) is 2. The van der Waals surface area contributed by atoms with Crippen molar-refractivity contribution in [2.45, 2.75) is 32.4 Å². The van der Waals surface area contributed by atoms with E-state index in [1.165, 1.54) is 6.07 Å². The van der Waals surface area contributed by atoms with Gasteiger partial charge in [0.1, 0.15) is 0 Å². The Kier molecular flexibility index (Phi) is 3.97. The Morgan fingerprint density at radius 3 is 2.67 bits per heavy atom. The third-order valence-corrected chi connectivity index (χ3v) is 3.92. The first kappa shape index (κ1) is 13.4. The van der Waals surface area contributed by atoms with E-state index in [2.05, 4.69) is 4.90 Å². The Hall–Kier alpha value is -1.00. The normalized spacial score (nSPS) is 27.2. The van der Waals surface area contributed by atoms with Crippen LogP contribution in [-0.2, 0) is 0 Å². The molecule has 0 saturated carbocycles. The van der Waals surface area contributed by atoms with Gasteiger partial charge in [-0.1, -0.05) is 13.0 Å². The van der Waals surface area contributed by atoms with Crippen LogP contribution < -0.4 is 0 Å². The minimum absolute atomic E-state index is 0.0118. The van der Waals surface area contributed by atoms with Crippen LogP contribution in [-0.4, -0.2) is 29.2 Å². The fraction of sp³-hybridized carbons (Fsp3) is 0.571. The van der Waals surface area contributed by atoms with Crippen LogP contribution >= 0.6 is 0 Å². The maximum Gasteiger partial charge on any atom is 0.159 e. The molecule has 1 saturated heterocycles. The first-order chi connectivity index (χ1) is 8.49. The lowest BCUT2D eigenvalue weighted by atomic mass is 9.94. The minimum Gasteiger partial charge on any atom is -0.392 e. The van der Waals surface area contributed by atoms with E-state index >= 15 is 0 Å². The molecule has 2 nitrogen and oxygen atoms in total. The summed E-state index contributed by atoms with van der Waals surface area (Å²) in [7, 11) is 0. The molecule has 100 valence electrons. The number of aliphatic hydroxyl groups excluding tert-OH is 1. The van der Waals surface area contributed by atoms with Gasteiger partial charge in [0.05, 0.1) is 6.10 Å². The molecule has 1 heterocycles. The molecule has 0 radical (unpaired) electrons. The number of halogens is 2. The highest BCUT2D eigenvalue weighted by molar-refractivity contribution is 5.21. The molecule has 0 aromatic heterocycles. The van der Waals surface area contributed by atoms with Crippen LogP contribution in [0.4, 0.5) is 8.78 Å². The molecule has 3 atom stereocenters. The molecule has 1 aliphatic heterocycles. The van der Waals surface area contributed by atoms with Gasteiger partial charge < -0.3 is 5.11 Å². The average molecular weight is 255 g/mol. The molecule has 2 rings (SSSR count). The van der Waals surface area contributed by atoms with Crippen LogP contribution in [0.2, 0.25) is 0 Å². The molecular formula is C14H19F2NO. The highest BCUT2D eigenvalue weighted by Crippen LogP contribution is 2.27. The fourth-order valence-corrected chi connectivity index (χ4v) is 2.41. The first-order valence-electron chi connectivity index (χ1n) is 6.36. The lowest BCUT2D eigenvalue weighted by Gasteiger charge is -2.38. The number of aliphatic hydroxyl groups is 1. The van der Waals surface area contributed by atoms with E-state index in [1.54, 1.807) is 6.07 Å². The second-order valence-corrected chi connectivity index (χ2v) is 5.18. The quantitative estimate of drug-likeness (QED) is 0.878. The summed E-state index contributed by atoms with van der Waals surface area (Å²) in [5, 5.41) is 9.87. The zero-order chi connectivity index (χ0) is 13.3. The van der Waals surface area contributed by atoms with Crippen LogP contribution in [0.1, 0.15) is 31.9 Å². The van der Waals surface area contributed by atoms with Gasteiger partial charge in [0.15, 0.2) is 11.6 Å². The fourth-order valence-electron chi connectivity index (χ4n) is 2.41. The molecule has 4 heteroatoms. The summed E-state index contributed by atoms with van der Waals surface area (Å²) in [6.07, 6.45) is 0.585. The molecule has 0 amide bonds. The Bertz CT molecular complexity index is 424. The number of nitrogens with zero attached hydrogens (tertiary/aromatic N) is 1. The van der Waals surface area contributed by atoms with Gasteiger partial charge in [0, 0.05) is 12.6 Å². The SMILES string of the molecule is CC1CCN(C(C)c2ccc(F)c(F)c2)CC1O. The van der Waals surface area contributed by atoms with Crippen molar-refractivity contribution < 1.29 is 13.9 Å². The highest BCUT2D eigenvalue weighted by Gasteiger charge is 2.27. The van der Waals surface area contributed by atoms with E-state index in [0.29, 0.717) is 12.5 Å². The Morgan fingerprint density at radius 2 is 2.06 bits per heavy atom. The molecule has 0 bridgehead atoms.